The van der Waals surface area contributed by atoms with Crippen molar-refractivity contribution in [3.63, 3.8) is 0 Å². The molecule has 0 aliphatic carbocycles. The Kier molecular flexibility index (Phi) is 2.25. The standard InChI is InChI=1S/C11H15N5/c12-8-2-5-16(6-3-8)11-9-7-14-15-10(9)1-4-13-11/h1,4,7-8H,2-3,5-6,12H2,(H,14,15). The van der Waals surface area contributed by atoms with Crippen LogP contribution in [0.25, 0.3) is 10.9 Å². The molecule has 0 amide bonds. The van der Waals surface area contributed by atoms with E-state index in [1.54, 1.807) is 0 Å². The number of anilines is 1. The second-order valence-electron chi connectivity index (χ2n) is 4.29. The lowest BCUT2D eigenvalue weighted by molar-refractivity contribution is 0.499. The van der Waals surface area contributed by atoms with Gasteiger partial charge >= 0.3 is 0 Å². The SMILES string of the molecule is NC1CCN(c2nccc3[nH]ncc23)CC1. The van der Waals surface area contributed by atoms with E-state index < -0.39 is 0 Å². The lowest BCUT2D eigenvalue weighted by atomic mass is 10.1. The van der Waals surface area contributed by atoms with Gasteiger partial charge in [0.1, 0.15) is 5.82 Å². The van der Waals surface area contributed by atoms with E-state index in [4.69, 9.17) is 5.73 Å². The lowest BCUT2D eigenvalue weighted by Crippen LogP contribution is -2.40. The van der Waals surface area contributed by atoms with Crippen LogP contribution in [0.15, 0.2) is 18.5 Å². The molecule has 1 aliphatic heterocycles. The average Bonchev–Trinajstić information content (AvgIpc) is 2.78. The Bertz CT molecular complexity index is 484. The topological polar surface area (TPSA) is 70.8 Å². The molecule has 0 spiro atoms. The fraction of sp³-hybridized carbons (Fsp3) is 0.455. The molecule has 3 heterocycles. The molecular weight excluding hydrogens is 202 g/mol. The quantitative estimate of drug-likeness (QED) is 0.744. The summed E-state index contributed by atoms with van der Waals surface area (Å²) in [5, 5.41) is 8.12. The van der Waals surface area contributed by atoms with E-state index in [0.717, 1.165) is 42.7 Å². The van der Waals surface area contributed by atoms with Crippen molar-refractivity contribution in [2.24, 2.45) is 5.73 Å². The van der Waals surface area contributed by atoms with Crippen LogP contribution < -0.4 is 10.6 Å². The van der Waals surface area contributed by atoms with Crippen molar-refractivity contribution in [1.29, 1.82) is 0 Å². The molecule has 5 nitrogen and oxygen atoms in total. The van der Waals surface area contributed by atoms with Crippen molar-refractivity contribution < 1.29 is 0 Å². The van der Waals surface area contributed by atoms with E-state index >= 15 is 0 Å². The molecular formula is C11H15N5. The summed E-state index contributed by atoms with van der Waals surface area (Å²) in [5.74, 6) is 1.03. The van der Waals surface area contributed by atoms with Crippen LogP contribution in [0, 0.1) is 0 Å². The number of aromatic nitrogens is 3. The third kappa shape index (κ3) is 1.53. The minimum Gasteiger partial charge on any atom is -0.356 e. The zero-order chi connectivity index (χ0) is 11.0. The van der Waals surface area contributed by atoms with Crippen LogP contribution in [0.3, 0.4) is 0 Å². The van der Waals surface area contributed by atoms with Gasteiger partial charge in [0, 0.05) is 25.3 Å². The fourth-order valence-corrected chi connectivity index (χ4v) is 2.22. The van der Waals surface area contributed by atoms with Gasteiger partial charge in [-0.15, -0.1) is 0 Å². The second kappa shape index (κ2) is 3.75. The van der Waals surface area contributed by atoms with E-state index in [9.17, 15) is 0 Å². The Hall–Kier alpha value is -1.62. The number of fused-ring (bicyclic) bond motifs is 1. The summed E-state index contributed by atoms with van der Waals surface area (Å²) in [6.07, 6.45) is 5.74. The molecule has 2 aromatic heterocycles. The molecule has 3 rings (SSSR count). The van der Waals surface area contributed by atoms with Gasteiger partial charge in [0.2, 0.25) is 0 Å². The van der Waals surface area contributed by atoms with Gasteiger partial charge in [-0.05, 0) is 18.9 Å². The summed E-state index contributed by atoms with van der Waals surface area (Å²) in [7, 11) is 0. The highest BCUT2D eigenvalue weighted by Gasteiger charge is 2.19. The lowest BCUT2D eigenvalue weighted by Gasteiger charge is -2.31. The highest BCUT2D eigenvalue weighted by molar-refractivity contribution is 5.88. The van der Waals surface area contributed by atoms with Gasteiger partial charge in [-0.3, -0.25) is 5.10 Å². The summed E-state index contributed by atoms with van der Waals surface area (Å²) in [4.78, 5) is 6.75. The maximum absolute atomic E-state index is 5.90. The van der Waals surface area contributed by atoms with Crippen molar-refractivity contribution in [3.8, 4) is 0 Å². The number of rotatable bonds is 1. The molecule has 84 valence electrons. The molecule has 0 aromatic carbocycles. The summed E-state index contributed by atoms with van der Waals surface area (Å²) in [5.41, 5.74) is 6.94. The zero-order valence-corrected chi connectivity index (χ0v) is 9.06. The maximum atomic E-state index is 5.90. The number of aromatic amines is 1. The molecule has 1 aliphatic rings. The summed E-state index contributed by atoms with van der Waals surface area (Å²) < 4.78 is 0. The largest absolute Gasteiger partial charge is 0.356 e. The van der Waals surface area contributed by atoms with Crippen LogP contribution in [0.5, 0.6) is 0 Å². The molecule has 5 heteroatoms. The first kappa shape index (κ1) is 9.59. The number of hydrogen-bond donors (Lipinski definition) is 2. The third-order valence-corrected chi connectivity index (χ3v) is 3.19. The normalized spacial score (nSPS) is 18.2. The van der Waals surface area contributed by atoms with Gasteiger partial charge in [0.15, 0.2) is 0 Å². The second-order valence-corrected chi connectivity index (χ2v) is 4.29. The fourth-order valence-electron chi connectivity index (χ4n) is 2.22. The molecule has 1 saturated heterocycles. The van der Waals surface area contributed by atoms with Crippen molar-refractivity contribution in [1.82, 2.24) is 15.2 Å². The van der Waals surface area contributed by atoms with Crippen molar-refractivity contribution >= 4 is 16.7 Å². The van der Waals surface area contributed by atoms with Crippen LogP contribution >= 0.6 is 0 Å². The Morgan fingerprint density at radius 2 is 2.19 bits per heavy atom. The Labute approximate surface area is 93.6 Å². The van der Waals surface area contributed by atoms with E-state index in [0.29, 0.717) is 6.04 Å². The van der Waals surface area contributed by atoms with Gasteiger partial charge in [0.25, 0.3) is 0 Å². The number of pyridine rings is 1. The van der Waals surface area contributed by atoms with Crippen LogP contribution in [0.4, 0.5) is 5.82 Å². The number of piperidine rings is 1. The van der Waals surface area contributed by atoms with Crippen molar-refractivity contribution in [2.45, 2.75) is 18.9 Å². The Morgan fingerprint density at radius 1 is 1.38 bits per heavy atom. The molecule has 0 bridgehead atoms. The molecule has 1 fully saturated rings. The number of H-pyrrole nitrogens is 1. The monoisotopic (exact) mass is 217 g/mol. The predicted molar refractivity (Wildman–Crippen MR) is 63.3 cm³/mol. The predicted octanol–water partition coefficient (Wildman–Crippen LogP) is 0.885. The minimum absolute atomic E-state index is 0.347. The average molecular weight is 217 g/mol. The third-order valence-electron chi connectivity index (χ3n) is 3.19. The number of nitrogens with one attached hydrogen (secondary N) is 1. The van der Waals surface area contributed by atoms with E-state index in [-0.39, 0.29) is 0 Å². The van der Waals surface area contributed by atoms with Crippen LogP contribution in [-0.4, -0.2) is 34.3 Å². The first-order chi connectivity index (χ1) is 7.84. The van der Waals surface area contributed by atoms with Gasteiger partial charge < -0.3 is 10.6 Å². The highest BCUT2D eigenvalue weighted by atomic mass is 15.2. The highest BCUT2D eigenvalue weighted by Crippen LogP contribution is 2.24. The van der Waals surface area contributed by atoms with E-state index in [2.05, 4.69) is 20.1 Å². The number of nitrogens with zero attached hydrogens (tertiary/aromatic N) is 3. The summed E-state index contributed by atoms with van der Waals surface area (Å²) >= 11 is 0. The van der Waals surface area contributed by atoms with Crippen LogP contribution in [0.2, 0.25) is 0 Å². The first-order valence-electron chi connectivity index (χ1n) is 5.63. The van der Waals surface area contributed by atoms with Gasteiger partial charge in [-0.2, -0.15) is 5.10 Å². The summed E-state index contributed by atoms with van der Waals surface area (Å²) in [6, 6.07) is 2.29. The van der Waals surface area contributed by atoms with Crippen molar-refractivity contribution in [2.75, 3.05) is 18.0 Å². The molecule has 3 N–H and O–H groups in total. The zero-order valence-electron chi connectivity index (χ0n) is 9.06. The van der Waals surface area contributed by atoms with Gasteiger partial charge in [0.05, 0.1) is 17.1 Å². The smallest absolute Gasteiger partial charge is 0.139 e. The molecule has 0 saturated carbocycles. The molecule has 0 unspecified atom stereocenters. The Morgan fingerprint density at radius 3 is 3.00 bits per heavy atom. The van der Waals surface area contributed by atoms with Crippen molar-refractivity contribution in [3.05, 3.63) is 18.5 Å². The summed E-state index contributed by atoms with van der Waals surface area (Å²) in [6.45, 7) is 1.97. The maximum Gasteiger partial charge on any atom is 0.139 e. The van der Waals surface area contributed by atoms with Gasteiger partial charge in [-0.25, -0.2) is 4.98 Å². The molecule has 2 aromatic rings. The van der Waals surface area contributed by atoms with Crippen LogP contribution in [-0.2, 0) is 0 Å². The number of nitrogens with two attached hydrogens (primary N) is 1. The van der Waals surface area contributed by atoms with E-state index in [1.165, 1.54) is 0 Å². The number of hydrogen-bond acceptors (Lipinski definition) is 4. The molecule has 0 radical (unpaired) electrons. The van der Waals surface area contributed by atoms with Crippen LogP contribution in [0.1, 0.15) is 12.8 Å². The molecule has 16 heavy (non-hydrogen) atoms. The van der Waals surface area contributed by atoms with Gasteiger partial charge in [-0.1, -0.05) is 0 Å². The first-order valence-corrected chi connectivity index (χ1v) is 5.63. The molecule has 0 atom stereocenters. The minimum atomic E-state index is 0.347. The van der Waals surface area contributed by atoms with E-state index in [1.807, 2.05) is 18.5 Å². The Balaban J connectivity index is 1.96.